The van der Waals surface area contributed by atoms with Crippen LogP contribution < -0.4 is 4.74 Å². The fourth-order valence-corrected chi connectivity index (χ4v) is 1.54. The van der Waals surface area contributed by atoms with Crippen LogP contribution in [0, 0.1) is 6.92 Å². The van der Waals surface area contributed by atoms with Crippen LogP contribution in [0.5, 0.6) is 11.5 Å². The van der Waals surface area contributed by atoms with Gasteiger partial charge in [-0.05, 0) is 48.7 Å². The Kier molecular flexibility index (Phi) is 3.25. The standard InChI is InChI=1S/C15H15O/c1-3-13-7-9-14(10-8-13)16-15-6-4-5-12(2)11-15/h4-11H,2-3H2,1H3. The van der Waals surface area contributed by atoms with Gasteiger partial charge in [-0.3, -0.25) is 0 Å². The molecule has 0 fully saturated rings. The first-order chi connectivity index (χ1) is 7.78. The van der Waals surface area contributed by atoms with Gasteiger partial charge in [0, 0.05) is 0 Å². The van der Waals surface area contributed by atoms with Gasteiger partial charge in [-0.25, -0.2) is 0 Å². The lowest BCUT2D eigenvalue weighted by Gasteiger charge is -2.06. The van der Waals surface area contributed by atoms with Crippen molar-refractivity contribution in [2.75, 3.05) is 0 Å². The molecule has 2 aromatic carbocycles. The Morgan fingerprint density at radius 1 is 1.00 bits per heavy atom. The van der Waals surface area contributed by atoms with Gasteiger partial charge in [0.1, 0.15) is 11.5 Å². The maximum Gasteiger partial charge on any atom is 0.127 e. The minimum atomic E-state index is 0.830. The van der Waals surface area contributed by atoms with Crippen molar-refractivity contribution in [1.82, 2.24) is 0 Å². The van der Waals surface area contributed by atoms with Gasteiger partial charge >= 0.3 is 0 Å². The molecule has 2 rings (SSSR count). The largest absolute Gasteiger partial charge is 0.457 e. The van der Waals surface area contributed by atoms with E-state index in [0.717, 1.165) is 23.5 Å². The number of ether oxygens (including phenoxy) is 1. The summed E-state index contributed by atoms with van der Waals surface area (Å²) in [5.41, 5.74) is 2.28. The van der Waals surface area contributed by atoms with E-state index < -0.39 is 0 Å². The quantitative estimate of drug-likeness (QED) is 0.738. The van der Waals surface area contributed by atoms with Crippen LogP contribution in [0.2, 0.25) is 0 Å². The Bertz CT molecular complexity index is 457. The lowest BCUT2D eigenvalue weighted by atomic mass is 10.2. The maximum atomic E-state index is 5.72. The first-order valence-electron chi connectivity index (χ1n) is 5.47. The molecule has 0 heterocycles. The molecule has 0 unspecified atom stereocenters. The van der Waals surface area contributed by atoms with Crippen molar-refractivity contribution in [2.45, 2.75) is 13.3 Å². The van der Waals surface area contributed by atoms with Gasteiger partial charge in [0.25, 0.3) is 0 Å². The van der Waals surface area contributed by atoms with Crippen molar-refractivity contribution in [1.29, 1.82) is 0 Å². The summed E-state index contributed by atoms with van der Waals surface area (Å²) < 4.78 is 5.72. The zero-order valence-electron chi connectivity index (χ0n) is 9.44. The highest BCUT2D eigenvalue weighted by molar-refractivity contribution is 5.35. The van der Waals surface area contributed by atoms with Crippen LogP contribution in [-0.2, 0) is 6.42 Å². The lowest BCUT2D eigenvalue weighted by Crippen LogP contribution is -1.85. The van der Waals surface area contributed by atoms with Crippen LogP contribution in [0.4, 0.5) is 0 Å². The van der Waals surface area contributed by atoms with E-state index in [1.54, 1.807) is 0 Å². The van der Waals surface area contributed by atoms with E-state index in [1.165, 1.54) is 5.56 Å². The van der Waals surface area contributed by atoms with Crippen LogP contribution >= 0.6 is 0 Å². The van der Waals surface area contributed by atoms with Gasteiger partial charge in [0.2, 0.25) is 0 Å². The zero-order valence-corrected chi connectivity index (χ0v) is 9.44. The van der Waals surface area contributed by atoms with Crippen LogP contribution in [0.1, 0.15) is 18.1 Å². The average Bonchev–Trinajstić information content (AvgIpc) is 2.30. The van der Waals surface area contributed by atoms with E-state index >= 15 is 0 Å². The second kappa shape index (κ2) is 4.84. The molecule has 0 bridgehead atoms. The molecule has 0 N–H and O–H groups in total. The summed E-state index contributed by atoms with van der Waals surface area (Å²) in [6.45, 7) is 6.01. The van der Waals surface area contributed by atoms with Crippen LogP contribution in [0.25, 0.3) is 0 Å². The molecular formula is C15H15O. The molecule has 2 aromatic rings. The molecule has 81 valence electrons. The van der Waals surface area contributed by atoms with E-state index in [1.807, 2.05) is 36.4 Å². The molecule has 0 amide bonds. The maximum absolute atomic E-state index is 5.72. The second-order valence-electron chi connectivity index (χ2n) is 3.75. The third kappa shape index (κ3) is 2.63. The van der Waals surface area contributed by atoms with Gasteiger partial charge in [-0.2, -0.15) is 0 Å². The third-order valence-electron chi connectivity index (χ3n) is 2.47. The van der Waals surface area contributed by atoms with E-state index in [2.05, 4.69) is 26.0 Å². The van der Waals surface area contributed by atoms with Crippen molar-refractivity contribution >= 4 is 0 Å². The molecule has 0 spiro atoms. The van der Waals surface area contributed by atoms with Gasteiger partial charge < -0.3 is 4.74 Å². The summed E-state index contributed by atoms with van der Waals surface area (Å²) in [6, 6.07) is 15.9. The average molecular weight is 211 g/mol. The van der Waals surface area contributed by atoms with Crippen LogP contribution in [-0.4, -0.2) is 0 Å². The second-order valence-corrected chi connectivity index (χ2v) is 3.75. The summed E-state index contributed by atoms with van der Waals surface area (Å²) in [4.78, 5) is 0. The van der Waals surface area contributed by atoms with E-state index in [4.69, 9.17) is 4.74 Å². The summed E-state index contributed by atoms with van der Waals surface area (Å²) in [5, 5.41) is 0. The zero-order chi connectivity index (χ0) is 11.4. The van der Waals surface area contributed by atoms with Crippen molar-refractivity contribution < 1.29 is 4.74 Å². The Hall–Kier alpha value is -1.76. The summed E-state index contributed by atoms with van der Waals surface area (Å²) in [6.07, 6.45) is 1.05. The van der Waals surface area contributed by atoms with Crippen LogP contribution in [0.15, 0.2) is 48.5 Å². The predicted octanol–water partition coefficient (Wildman–Crippen LogP) is 4.22. The molecule has 0 atom stereocenters. The number of rotatable bonds is 3. The smallest absolute Gasteiger partial charge is 0.127 e. The SMILES string of the molecule is [CH2]c1cccc(Oc2ccc(CC)cc2)c1. The Balaban J connectivity index is 2.14. The fraction of sp³-hybridized carbons (Fsp3) is 0.133. The molecule has 0 aliphatic heterocycles. The van der Waals surface area contributed by atoms with E-state index in [-0.39, 0.29) is 0 Å². The first kappa shape index (κ1) is 10.7. The third-order valence-corrected chi connectivity index (χ3v) is 2.47. The predicted molar refractivity (Wildman–Crippen MR) is 66.8 cm³/mol. The molecule has 1 radical (unpaired) electrons. The van der Waals surface area contributed by atoms with Gasteiger partial charge in [-0.1, -0.05) is 31.2 Å². The van der Waals surface area contributed by atoms with Crippen molar-refractivity contribution in [3.05, 3.63) is 66.6 Å². The molecule has 0 aliphatic carbocycles. The Morgan fingerprint density at radius 2 is 1.75 bits per heavy atom. The fourth-order valence-electron chi connectivity index (χ4n) is 1.54. The summed E-state index contributed by atoms with van der Waals surface area (Å²) in [7, 11) is 0. The number of benzene rings is 2. The Labute approximate surface area is 96.7 Å². The molecule has 1 nitrogen and oxygen atoms in total. The molecule has 16 heavy (non-hydrogen) atoms. The van der Waals surface area contributed by atoms with Crippen molar-refractivity contribution in [2.24, 2.45) is 0 Å². The molecule has 0 saturated heterocycles. The number of aryl methyl sites for hydroxylation is 1. The van der Waals surface area contributed by atoms with E-state index in [9.17, 15) is 0 Å². The Morgan fingerprint density at radius 3 is 2.38 bits per heavy atom. The normalized spacial score (nSPS) is 10.1. The highest BCUT2D eigenvalue weighted by Crippen LogP contribution is 2.22. The van der Waals surface area contributed by atoms with Gasteiger partial charge in [0.05, 0.1) is 0 Å². The highest BCUT2D eigenvalue weighted by Gasteiger charge is 1.97. The molecule has 0 saturated carbocycles. The van der Waals surface area contributed by atoms with E-state index in [0.29, 0.717) is 0 Å². The number of hydrogen-bond donors (Lipinski definition) is 0. The molecule has 0 aliphatic rings. The topological polar surface area (TPSA) is 9.23 Å². The number of hydrogen-bond acceptors (Lipinski definition) is 1. The van der Waals surface area contributed by atoms with Gasteiger partial charge in [0.15, 0.2) is 0 Å². The molecule has 1 heteroatoms. The minimum absolute atomic E-state index is 0.830. The monoisotopic (exact) mass is 211 g/mol. The highest BCUT2D eigenvalue weighted by atomic mass is 16.5. The first-order valence-corrected chi connectivity index (χ1v) is 5.47. The summed E-state index contributed by atoms with van der Waals surface area (Å²) in [5.74, 6) is 1.69. The summed E-state index contributed by atoms with van der Waals surface area (Å²) >= 11 is 0. The lowest BCUT2D eigenvalue weighted by molar-refractivity contribution is 0.482. The van der Waals surface area contributed by atoms with Crippen molar-refractivity contribution in [3.63, 3.8) is 0 Å². The minimum Gasteiger partial charge on any atom is -0.457 e. The van der Waals surface area contributed by atoms with Crippen LogP contribution in [0.3, 0.4) is 0 Å². The van der Waals surface area contributed by atoms with Gasteiger partial charge in [-0.15, -0.1) is 0 Å². The molecule has 0 aromatic heterocycles. The van der Waals surface area contributed by atoms with Crippen molar-refractivity contribution in [3.8, 4) is 11.5 Å². The molecular weight excluding hydrogens is 196 g/mol.